The van der Waals surface area contributed by atoms with Crippen LogP contribution in [-0.2, 0) is 14.4 Å². The van der Waals surface area contributed by atoms with E-state index in [1.54, 1.807) is 0 Å². The highest BCUT2D eigenvalue weighted by Gasteiger charge is 2.57. The highest BCUT2D eigenvalue weighted by atomic mass is 16.3. The van der Waals surface area contributed by atoms with Crippen molar-refractivity contribution in [3.63, 3.8) is 0 Å². The Hall–Kier alpha value is -1.43. The fourth-order valence-corrected chi connectivity index (χ4v) is 6.41. The number of nitrogens with one attached hydrogen (secondary N) is 1. The molecule has 4 saturated carbocycles. The molecule has 3 unspecified atom stereocenters. The molecule has 1 aliphatic heterocycles. The normalized spacial score (nSPS) is 43.0. The third-order valence-corrected chi connectivity index (χ3v) is 6.68. The average Bonchev–Trinajstić information content (AvgIpc) is 2.91. The third kappa shape index (κ3) is 2.75. The van der Waals surface area contributed by atoms with Crippen LogP contribution >= 0.6 is 0 Å². The summed E-state index contributed by atoms with van der Waals surface area (Å²) in [5.41, 5.74) is -0.725. The predicted molar refractivity (Wildman–Crippen MR) is 85.6 cm³/mol. The second kappa shape index (κ2) is 5.55. The van der Waals surface area contributed by atoms with Crippen molar-refractivity contribution < 1.29 is 19.5 Å². The van der Waals surface area contributed by atoms with E-state index in [1.165, 1.54) is 11.3 Å². The number of carbonyl (C=O) groups is 3. The molecule has 132 valence electrons. The Morgan fingerprint density at radius 3 is 2.54 bits per heavy atom. The Bertz CT molecular complexity index is 561. The van der Waals surface area contributed by atoms with Crippen LogP contribution in [0, 0.1) is 17.3 Å². The molecule has 3 atom stereocenters. The van der Waals surface area contributed by atoms with Crippen LogP contribution in [0.25, 0.3) is 0 Å². The van der Waals surface area contributed by atoms with Gasteiger partial charge in [-0.25, -0.2) is 0 Å². The molecule has 0 aromatic heterocycles. The van der Waals surface area contributed by atoms with E-state index in [-0.39, 0.29) is 17.2 Å². The van der Waals surface area contributed by atoms with Gasteiger partial charge in [0.2, 0.25) is 18.2 Å². The monoisotopic (exact) mass is 334 g/mol. The zero-order chi connectivity index (χ0) is 16.9. The minimum absolute atomic E-state index is 0.136. The molecule has 0 aromatic carbocycles. The number of likely N-dealkylation sites (tertiary alicyclic amines) is 1. The molecule has 1 saturated heterocycles. The van der Waals surface area contributed by atoms with Crippen molar-refractivity contribution in [3.8, 4) is 0 Å². The van der Waals surface area contributed by atoms with Crippen LogP contribution in [-0.4, -0.2) is 46.4 Å². The predicted octanol–water partition coefficient (Wildman–Crippen LogP) is 0.971. The van der Waals surface area contributed by atoms with Gasteiger partial charge >= 0.3 is 0 Å². The summed E-state index contributed by atoms with van der Waals surface area (Å²) in [7, 11) is 0. The molecular weight excluding hydrogens is 308 g/mol. The van der Waals surface area contributed by atoms with Crippen LogP contribution in [0.4, 0.5) is 0 Å². The van der Waals surface area contributed by atoms with Crippen LogP contribution < -0.4 is 5.32 Å². The van der Waals surface area contributed by atoms with Gasteiger partial charge in [0.1, 0.15) is 6.04 Å². The Morgan fingerprint density at radius 2 is 1.92 bits per heavy atom. The lowest BCUT2D eigenvalue weighted by molar-refractivity contribution is -0.169. The van der Waals surface area contributed by atoms with Crippen LogP contribution in [0.5, 0.6) is 0 Å². The number of carbonyl (C=O) groups excluding carboxylic acids is 3. The summed E-state index contributed by atoms with van der Waals surface area (Å²) in [5, 5.41) is 13.3. The molecule has 6 heteroatoms. The fourth-order valence-electron chi connectivity index (χ4n) is 6.41. The zero-order valence-corrected chi connectivity index (χ0v) is 14.0. The van der Waals surface area contributed by atoms with Gasteiger partial charge in [0.05, 0.1) is 5.60 Å². The van der Waals surface area contributed by atoms with Crippen molar-refractivity contribution in [1.82, 2.24) is 10.2 Å². The van der Waals surface area contributed by atoms with E-state index in [0.29, 0.717) is 44.1 Å². The summed E-state index contributed by atoms with van der Waals surface area (Å²) in [6.07, 6.45) is 8.05. The standard InChI is InChI=1S/C18H26N2O4/c21-11-20-3-1-2-14(20)16(23)19-15(22)9-17-5-12-4-13(6-17)8-18(24,7-12)10-17/h11-14,24H,1-10H2,(H,19,22,23). The second-order valence-electron chi connectivity index (χ2n) is 8.78. The molecule has 24 heavy (non-hydrogen) atoms. The number of hydrogen-bond donors (Lipinski definition) is 2. The summed E-state index contributed by atoms with van der Waals surface area (Å²) in [6, 6.07) is -0.507. The van der Waals surface area contributed by atoms with E-state index < -0.39 is 11.6 Å². The number of hydrogen-bond acceptors (Lipinski definition) is 4. The van der Waals surface area contributed by atoms with Crippen LogP contribution in [0.3, 0.4) is 0 Å². The Balaban J connectivity index is 1.39. The summed E-state index contributed by atoms with van der Waals surface area (Å²) in [5.74, 6) is 0.455. The van der Waals surface area contributed by atoms with Gasteiger partial charge in [-0.1, -0.05) is 0 Å². The van der Waals surface area contributed by atoms with E-state index in [9.17, 15) is 19.5 Å². The first kappa shape index (κ1) is 16.1. The highest BCUT2D eigenvalue weighted by Crippen LogP contribution is 2.62. The first-order valence-corrected chi connectivity index (χ1v) is 9.18. The minimum Gasteiger partial charge on any atom is -0.390 e. The van der Waals surface area contributed by atoms with Gasteiger partial charge in [-0.05, 0) is 68.6 Å². The molecular formula is C18H26N2O4. The maximum Gasteiger partial charge on any atom is 0.249 e. The number of rotatable bonds is 4. The number of aliphatic hydroxyl groups is 1. The van der Waals surface area contributed by atoms with Gasteiger partial charge in [0.15, 0.2) is 0 Å². The number of amides is 3. The van der Waals surface area contributed by atoms with Crippen LogP contribution in [0.15, 0.2) is 0 Å². The van der Waals surface area contributed by atoms with Crippen LogP contribution in [0.1, 0.15) is 57.8 Å². The van der Waals surface area contributed by atoms with Crippen molar-refractivity contribution >= 4 is 18.2 Å². The summed E-state index contributed by atoms with van der Waals surface area (Å²) in [4.78, 5) is 37.2. The lowest BCUT2D eigenvalue weighted by atomic mass is 9.47. The quantitative estimate of drug-likeness (QED) is 0.750. The Kier molecular flexibility index (Phi) is 3.71. The molecule has 0 radical (unpaired) electrons. The van der Waals surface area contributed by atoms with Crippen molar-refractivity contribution in [1.29, 1.82) is 0 Å². The Labute approximate surface area is 142 Å². The molecule has 1 heterocycles. The summed E-state index contributed by atoms with van der Waals surface area (Å²) in [6.45, 7) is 0.579. The Morgan fingerprint density at radius 1 is 1.21 bits per heavy atom. The summed E-state index contributed by atoms with van der Waals surface area (Å²) >= 11 is 0. The average molecular weight is 334 g/mol. The fraction of sp³-hybridized carbons (Fsp3) is 0.833. The minimum atomic E-state index is -0.589. The molecule has 6 nitrogen and oxygen atoms in total. The second-order valence-corrected chi connectivity index (χ2v) is 8.78. The number of imide groups is 1. The van der Waals surface area contributed by atoms with Crippen LogP contribution in [0.2, 0.25) is 0 Å². The van der Waals surface area contributed by atoms with E-state index in [0.717, 1.165) is 32.1 Å². The summed E-state index contributed by atoms with van der Waals surface area (Å²) < 4.78 is 0. The van der Waals surface area contributed by atoms with Gasteiger partial charge in [-0.15, -0.1) is 0 Å². The zero-order valence-electron chi connectivity index (χ0n) is 14.0. The van der Waals surface area contributed by atoms with Crippen molar-refractivity contribution in [2.24, 2.45) is 17.3 Å². The third-order valence-electron chi connectivity index (χ3n) is 6.68. The maximum absolute atomic E-state index is 12.5. The van der Waals surface area contributed by atoms with E-state index in [4.69, 9.17) is 0 Å². The molecule has 0 spiro atoms. The molecule has 4 aliphatic carbocycles. The molecule has 4 bridgehead atoms. The molecule has 5 rings (SSSR count). The van der Waals surface area contributed by atoms with Gasteiger partial charge < -0.3 is 10.0 Å². The molecule has 2 N–H and O–H groups in total. The number of nitrogens with zero attached hydrogens (tertiary/aromatic N) is 1. The van der Waals surface area contributed by atoms with Gasteiger partial charge in [-0.3, -0.25) is 19.7 Å². The molecule has 5 fully saturated rings. The topological polar surface area (TPSA) is 86.7 Å². The van der Waals surface area contributed by atoms with Crippen molar-refractivity contribution in [3.05, 3.63) is 0 Å². The van der Waals surface area contributed by atoms with Crippen molar-refractivity contribution in [2.75, 3.05) is 6.54 Å². The smallest absolute Gasteiger partial charge is 0.249 e. The molecule has 5 aliphatic rings. The van der Waals surface area contributed by atoms with Crippen molar-refractivity contribution in [2.45, 2.75) is 69.4 Å². The SMILES string of the molecule is O=CN1CCCC1C(=O)NC(=O)CC12CC3CC(CC(O)(C3)C1)C2. The maximum atomic E-state index is 12.5. The van der Waals surface area contributed by atoms with E-state index >= 15 is 0 Å². The van der Waals surface area contributed by atoms with Gasteiger partial charge in [0.25, 0.3) is 0 Å². The van der Waals surface area contributed by atoms with Gasteiger partial charge in [-0.2, -0.15) is 0 Å². The molecule has 0 aromatic rings. The van der Waals surface area contributed by atoms with E-state index in [1.807, 2.05) is 0 Å². The van der Waals surface area contributed by atoms with Gasteiger partial charge in [0, 0.05) is 13.0 Å². The molecule has 3 amide bonds. The largest absolute Gasteiger partial charge is 0.390 e. The lowest BCUT2D eigenvalue weighted by Crippen LogP contribution is -2.57. The van der Waals surface area contributed by atoms with E-state index in [2.05, 4.69) is 5.32 Å². The highest BCUT2D eigenvalue weighted by molar-refractivity contribution is 5.98. The first-order chi connectivity index (χ1) is 11.4. The first-order valence-electron chi connectivity index (χ1n) is 9.18. The lowest BCUT2D eigenvalue weighted by Gasteiger charge is -2.60.